The molecule has 168 valence electrons. The molecule has 3 heterocycles. The zero-order valence-corrected chi connectivity index (χ0v) is 18.3. The standard InChI is InChI=1S/C22H26N6O4/c1-27-19-18(5-4-8-23-19)26-20(21(27)29)28-9-6-14(7-10-28)24-22(30)25-15-11-16(31-2)13-17(12-15)32-3/h4-5,8,11-14H,6-7,9-10H2,1-3H3,(H2,24,25,30). The molecule has 10 nitrogen and oxygen atoms in total. The Balaban J connectivity index is 1.38. The van der Waals surface area contributed by atoms with E-state index in [1.807, 2.05) is 11.0 Å². The van der Waals surface area contributed by atoms with E-state index in [4.69, 9.17) is 9.47 Å². The monoisotopic (exact) mass is 438 g/mol. The molecule has 0 aliphatic carbocycles. The van der Waals surface area contributed by atoms with Gasteiger partial charge >= 0.3 is 6.03 Å². The molecular weight excluding hydrogens is 412 g/mol. The van der Waals surface area contributed by atoms with Gasteiger partial charge < -0.3 is 25.0 Å². The molecule has 0 bridgehead atoms. The summed E-state index contributed by atoms with van der Waals surface area (Å²) in [5, 5.41) is 5.82. The summed E-state index contributed by atoms with van der Waals surface area (Å²) in [6.45, 7) is 1.23. The zero-order chi connectivity index (χ0) is 22.7. The number of nitrogens with one attached hydrogen (secondary N) is 2. The third-order valence-electron chi connectivity index (χ3n) is 5.55. The Morgan fingerprint density at radius 1 is 1.12 bits per heavy atom. The number of urea groups is 1. The SMILES string of the molecule is COc1cc(NC(=O)NC2CCN(c3nc4cccnc4n(C)c3=O)CC2)cc(OC)c1. The fourth-order valence-electron chi connectivity index (χ4n) is 3.82. The number of anilines is 2. The first-order valence-electron chi connectivity index (χ1n) is 10.4. The lowest BCUT2D eigenvalue weighted by atomic mass is 10.1. The van der Waals surface area contributed by atoms with Gasteiger partial charge in [0, 0.05) is 56.3 Å². The summed E-state index contributed by atoms with van der Waals surface area (Å²) in [6.07, 6.45) is 3.04. The van der Waals surface area contributed by atoms with Gasteiger partial charge in [-0.25, -0.2) is 14.8 Å². The van der Waals surface area contributed by atoms with Crippen LogP contribution >= 0.6 is 0 Å². The van der Waals surface area contributed by atoms with Crippen molar-refractivity contribution in [3.63, 3.8) is 0 Å². The van der Waals surface area contributed by atoms with Crippen LogP contribution < -0.4 is 30.6 Å². The Kier molecular flexibility index (Phi) is 6.11. The number of hydrogen-bond donors (Lipinski definition) is 2. The van der Waals surface area contributed by atoms with Crippen LogP contribution in [0.15, 0.2) is 41.3 Å². The minimum absolute atomic E-state index is 0.00951. The highest BCUT2D eigenvalue weighted by Crippen LogP contribution is 2.26. The Morgan fingerprint density at radius 2 is 1.81 bits per heavy atom. The number of fused-ring (bicyclic) bond motifs is 1. The fourth-order valence-corrected chi connectivity index (χ4v) is 3.82. The first-order chi connectivity index (χ1) is 15.5. The Morgan fingerprint density at radius 3 is 2.47 bits per heavy atom. The first kappa shape index (κ1) is 21.4. The number of hydrogen-bond acceptors (Lipinski definition) is 7. The van der Waals surface area contributed by atoms with Crippen molar-refractivity contribution in [2.45, 2.75) is 18.9 Å². The summed E-state index contributed by atoms with van der Waals surface area (Å²) >= 11 is 0. The molecule has 1 aliphatic heterocycles. The van der Waals surface area contributed by atoms with E-state index in [9.17, 15) is 9.59 Å². The molecule has 0 radical (unpaired) electrons. The van der Waals surface area contributed by atoms with Crippen LogP contribution in [0.25, 0.3) is 11.2 Å². The van der Waals surface area contributed by atoms with Crippen molar-refractivity contribution in [1.82, 2.24) is 19.9 Å². The Hall–Kier alpha value is -3.82. The van der Waals surface area contributed by atoms with Crippen molar-refractivity contribution in [3.8, 4) is 11.5 Å². The number of rotatable bonds is 5. The quantitative estimate of drug-likeness (QED) is 0.628. The van der Waals surface area contributed by atoms with Gasteiger partial charge in [0.2, 0.25) is 0 Å². The summed E-state index contributed by atoms with van der Waals surface area (Å²) in [4.78, 5) is 36.0. The minimum atomic E-state index is -0.301. The van der Waals surface area contributed by atoms with Crippen LogP contribution in [0.2, 0.25) is 0 Å². The molecule has 1 aromatic carbocycles. The van der Waals surface area contributed by atoms with Crippen LogP contribution in [0, 0.1) is 0 Å². The molecule has 1 aliphatic rings. The van der Waals surface area contributed by atoms with Crippen molar-refractivity contribution in [1.29, 1.82) is 0 Å². The molecule has 10 heteroatoms. The number of carbonyl (C=O) groups is 1. The van der Waals surface area contributed by atoms with Gasteiger partial charge in [0.05, 0.1) is 14.2 Å². The number of aryl methyl sites for hydroxylation is 1. The minimum Gasteiger partial charge on any atom is -0.497 e. The lowest BCUT2D eigenvalue weighted by molar-refractivity contribution is 0.246. The van der Waals surface area contributed by atoms with E-state index in [1.54, 1.807) is 51.7 Å². The highest BCUT2D eigenvalue weighted by molar-refractivity contribution is 5.90. The fraction of sp³-hybridized carbons (Fsp3) is 0.364. The van der Waals surface area contributed by atoms with E-state index >= 15 is 0 Å². The van der Waals surface area contributed by atoms with E-state index in [0.717, 1.165) is 0 Å². The van der Waals surface area contributed by atoms with Gasteiger partial charge in [-0.3, -0.25) is 9.36 Å². The van der Waals surface area contributed by atoms with Crippen LogP contribution in [0.4, 0.5) is 16.3 Å². The predicted octanol–water partition coefficient (Wildman–Crippen LogP) is 2.14. The molecule has 0 atom stereocenters. The molecule has 1 saturated heterocycles. The van der Waals surface area contributed by atoms with Crippen molar-refractivity contribution < 1.29 is 14.3 Å². The maximum atomic E-state index is 12.8. The number of amides is 2. The lowest BCUT2D eigenvalue weighted by Crippen LogP contribution is -2.47. The number of methoxy groups -OCH3 is 2. The van der Waals surface area contributed by atoms with Crippen molar-refractivity contribution >= 4 is 28.7 Å². The van der Waals surface area contributed by atoms with Crippen LogP contribution in [-0.4, -0.2) is 53.9 Å². The average Bonchev–Trinajstić information content (AvgIpc) is 2.81. The maximum absolute atomic E-state index is 12.8. The van der Waals surface area contributed by atoms with Crippen LogP contribution in [0.3, 0.4) is 0 Å². The molecule has 32 heavy (non-hydrogen) atoms. The second-order valence-electron chi connectivity index (χ2n) is 7.61. The van der Waals surface area contributed by atoms with Gasteiger partial charge in [0.15, 0.2) is 11.5 Å². The molecule has 2 N–H and O–H groups in total. The van der Waals surface area contributed by atoms with E-state index in [2.05, 4.69) is 20.6 Å². The summed E-state index contributed by atoms with van der Waals surface area (Å²) in [5.41, 5.74) is 1.64. The van der Waals surface area contributed by atoms with Crippen molar-refractivity contribution in [2.75, 3.05) is 37.5 Å². The summed E-state index contributed by atoms with van der Waals surface area (Å²) < 4.78 is 12.0. The van der Waals surface area contributed by atoms with E-state index in [1.165, 1.54) is 4.57 Å². The van der Waals surface area contributed by atoms with Gasteiger partial charge in [0.25, 0.3) is 5.56 Å². The van der Waals surface area contributed by atoms with Crippen LogP contribution in [0.5, 0.6) is 11.5 Å². The molecule has 0 unspecified atom stereocenters. The second kappa shape index (κ2) is 9.13. The van der Waals surface area contributed by atoms with Crippen molar-refractivity contribution in [2.24, 2.45) is 7.05 Å². The van der Waals surface area contributed by atoms with Gasteiger partial charge in [0.1, 0.15) is 17.0 Å². The predicted molar refractivity (Wildman–Crippen MR) is 122 cm³/mol. The smallest absolute Gasteiger partial charge is 0.319 e. The number of benzene rings is 1. The Labute approximate surface area is 185 Å². The Bertz CT molecular complexity index is 1160. The maximum Gasteiger partial charge on any atom is 0.319 e. The van der Waals surface area contributed by atoms with E-state index < -0.39 is 0 Å². The number of carbonyl (C=O) groups excluding carboxylic acids is 1. The third-order valence-corrected chi connectivity index (χ3v) is 5.55. The highest BCUT2D eigenvalue weighted by Gasteiger charge is 2.24. The van der Waals surface area contributed by atoms with Gasteiger partial charge in [-0.05, 0) is 25.0 Å². The van der Waals surface area contributed by atoms with Gasteiger partial charge in [-0.1, -0.05) is 0 Å². The molecule has 4 rings (SSSR count). The molecule has 2 aromatic heterocycles. The summed E-state index contributed by atoms with van der Waals surface area (Å²) in [7, 11) is 4.82. The largest absolute Gasteiger partial charge is 0.497 e. The zero-order valence-electron chi connectivity index (χ0n) is 18.3. The van der Waals surface area contributed by atoms with E-state index in [0.29, 0.717) is 60.1 Å². The lowest BCUT2D eigenvalue weighted by Gasteiger charge is -2.32. The normalized spacial score (nSPS) is 14.3. The molecule has 2 amide bonds. The first-order valence-corrected chi connectivity index (χ1v) is 10.4. The average molecular weight is 438 g/mol. The topological polar surface area (TPSA) is 111 Å². The van der Waals surface area contributed by atoms with Crippen molar-refractivity contribution in [3.05, 3.63) is 46.9 Å². The molecular formula is C22H26N6O4. The number of aromatic nitrogens is 3. The number of piperidine rings is 1. The highest BCUT2D eigenvalue weighted by atomic mass is 16.5. The molecule has 0 spiro atoms. The van der Waals surface area contributed by atoms with Crippen LogP contribution in [0.1, 0.15) is 12.8 Å². The third kappa shape index (κ3) is 4.43. The molecule has 3 aromatic rings. The second-order valence-corrected chi connectivity index (χ2v) is 7.61. The van der Waals surface area contributed by atoms with Crippen LogP contribution in [-0.2, 0) is 7.05 Å². The summed E-state index contributed by atoms with van der Waals surface area (Å²) in [5.74, 6) is 1.60. The number of nitrogens with zero attached hydrogens (tertiary/aromatic N) is 4. The van der Waals surface area contributed by atoms with Gasteiger partial charge in [-0.15, -0.1) is 0 Å². The van der Waals surface area contributed by atoms with Gasteiger partial charge in [-0.2, -0.15) is 0 Å². The molecule has 1 fully saturated rings. The summed E-state index contributed by atoms with van der Waals surface area (Å²) in [6, 6.07) is 8.52. The number of ether oxygens (including phenoxy) is 2. The number of pyridine rings is 1. The molecule has 0 saturated carbocycles. The van der Waals surface area contributed by atoms with E-state index in [-0.39, 0.29) is 17.6 Å².